The maximum Gasteiger partial charge on any atom is 0.118 e. The summed E-state index contributed by atoms with van der Waals surface area (Å²) < 4.78 is 6.36. The summed E-state index contributed by atoms with van der Waals surface area (Å²) >= 11 is 5.29. The third kappa shape index (κ3) is 4.47. The van der Waals surface area contributed by atoms with Crippen LogP contribution in [0.4, 0.5) is 0 Å². The lowest BCUT2D eigenvalue weighted by atomic mass is 10.2. The fraction of sp³-hybridized carbons (Fsp3) is 0.250. The lowest BCUT2D eigenvalue weighted by Crippen LogP contribution is -2.22. The Morgan fingerprint density at radius 2 is 1.95 bits per heavy atom. The van der Waals surface area contributed by atoms with Crippen molar-refractivity contribution in [3.05, 3.63) is 63.3 Å². The fourth-order valence-corrected chi connectivity index (χ4v) is 3.54. The summed E-state index contributed by atoms with van der Waals surface area (Å²) in [5.41, 5.74) is 1.28. The summed E-state index contributed by atoms with van der Waals surface area (Å²) in [6, 6.07) is 12.5. The molecule has 0 atom stereocenters. The number of halogens is 1. The zero-order chi connectivity index (χ0) is 14.4. The fourth-order valence-electron chi connectivity index (χ4n) is 2.01. The van der Waals surface area contributed by atoms with Crippen molar-refractivity contribution in [1.82, 2.24) is 4.90 Å². The minimum atomic E-state index is 0.877. The van der Waals surface area contributed by atoms with Crippen molar-refractivity contribution in [1.29, 1.82) is 0 Å². The average Bonchev–Trinajstić information content (AvgIpc) is 2.85. The van der Waals surface area contributed by atoms with Crippen molar-refractivity contribution >= 4 is 27.3 Å². The Morgan fingerprint density at radius 3 is 2.50 bits per heavy atom. The minimum absolute atomic E-state index is 0.877. The number of rotatable bonds is 7. The standard InChI is InChI=1S/C16H18BrNOS/c1-3-10-18(12-15-8-9-16(17)20-15)11-13-4-6-14(19-2)7-5-13/h3-9H,1,10-12H2,2H3. The van der Waals surface area contributed by atoms with Crippen LogP contribution in [0.1, 0.15) is 10.4 Å². The molecule has 1 aromatic heterocycles. The van der Waals surface area contributed by atoms with E-state index in [4.69, 9.17) is 4.74 Å². The van der Waals surface area contributed by atoms with Gasteiger partial charge in [-0.2, -0.15) is 0 Å². The highest BCUT2D eigenvalue weighted by Crippen LogP contribution is 2.24. The predicted octanol–water partition coefficient (Wildman–Crippen LogP) is 4.71. The molecule has 1 aromatic carbocycles. The molecule has 2 rings (SSSR count). The molecule has 0 spiro atoms. The van der Waals surface area contributed by atoms with Gasteiger partial charge in [-0.3, -0.25) is 4.90 Å². The molecule has 0 fully saturated rings. The van der Waals surface area contributed by atoms with Crippen LogP contribution >= 0.6 is 27.3 Å². The van der Waals surface area contributed by atoms with E-state index in [1.54, 1.807) is 18.4 Å². The number of hydrogen-bond acceptors (Lipinski definition) is 3. The third-order valence-corrected chi connectivity index (χ3v) is 4.57. The highest BCUT2D eigenvalue weighted by molar-refractivity contribution is 9.11. The second-order valence-corrected chi connectivity index (χ2v) is 7.06. The molecule has 0 radical (unpaired) electrons. The summed E-state index contributed by atoms with van der Waals surface area (Å²) in [5.74, 6) is 0.895. The van der Waals surface area contributed by atoms with Gasteiger partial charge in [0.15, 0.2) is 0 Å². The zero-order valence-corrected chi connectivity index (χ0v) is 13.9. The Balaban J connectivity index is 2.02. The molecule has 0 aliphatic heterocycles. The monoisotopic (exact) mass is 351 g/mol. The molecule has 0 bridgehead atoms. The van der Waals surface area contributed by atoms with Crippen molar-refractivity contribution in [3.8, 4) is 5.75 Å². The molecule has 0 amide bonds. The van der Waals surface area contributed by atoms with Crippen LogP contribution in [0.25, 0.3) is 0 Å². The van der Waals surface area contributed by atoms with E-state index in [0.29, 0.717) is 0 Å². The summed E-state index contributed by atoms with van der Waals surface area (Å²) in [7, 11) is 1.69. The van der Waals surface area contributed by atoms with E-state index >= 15 is 0 Å². The number of ether oxygens (including phenoxy) is 1. The predicted molar refractivity (Wildman–Crippen MR) is 89.3 cm³/mol. The number of nitrogens with zero attached hydrogens (tertiary/aromatic N) is 1. The van der Waals surface area contributed by atoms with Crippen LogP contribution < -0.4 is 4.74 Å². The van der Waals surface area contributed by atoms with Crippen molar-refractivity contribution in [2.24, 2.45) is 0 Å². The quantitative estimate of drug-likeness (QED) is 0.670. The first-order valence-corrected chi connectivity index (χ1v) is 8.02. The normalized spacial score (nSPS) is 10.8. The molecular formula is C16H18BrNOS. The molecule has 0 aliphatic carbocycles. The highest BCUT2D eigenvalue weighted by atomic mass is 79.9. The summed E-state index contributed by atoms with van der Waals surface area (Å²) in [6.07, 6.45) is 1.95. The van der Waals surface area contributed by atoms with E-state index in [-0.39, 0.29) is 0 Å². The van der Waals surface area contributed by atoms with Crippen molar-refractivity contribution in [2.75, 3.05) is 13.7 Å². The summed E-state index contributed by atoms with van der Waals surface area (Å²) in [4.78, 5) is 3.72. The van der Waals surface area contributed by atoms with E-state index in [2.05, 4.69) is 51.7 Å². The van der Waals surface area contributed by atoms with Gasteiger partial charge in [-0.1, -0.05) is 18.2 Å². The van der Waals surface area contributed by atoms with Gasteiger partial charge in [0, 0.05) is 24.5 Å². The topological polar surface area (TPSA) is 12.5 Å². The molecule has 4 heteroatoms. The number of thiophene rings is 1. The number of hydrogen-bond donors (Lipinski definition) is 0. The molecule has 106 valence electrons. The third-order valence-electron chi connectivity index (χ3n) is 2.96. The smallest absolute Gasteiger partial charge is 0.118 e. The average molecular weight is 352 g/mol. The van der Waals surface area contributed by atoms with Crippen LogP contribution in [-0.4, -0.2) is 18.6 Å². The summed E-state index contributed by atoms with van der Waals surface area (Å²) in [6.45, 7) is 6.57. The molecule has 1 heterocycles. The highest BCUT2D eigenvalue weighted by Gasteiger charge is 2.07. The van der Waals surface area contributed by atoms with Crippen molar-refractivity contribution < 1.29 is 4.74 Å². The molecular weight excluding hydrogens is 334 g/mol. The first-order chi connectivity index (χ1) is 9.71. The largest absolute Gasteiger partial charge is 0.497 e. The van der Waals surface area contributed by atoms with Gasteiger partial charge in [0.25, 0.3) is 0 Å². The van der Waals surface area contributed by atoms with E-state index < -0.39 is 0 Å². The van der Waals surface area contributed by atoms with E-state index in [9.17, 15) is 0 Å². The van der Waals surface area contributed by atoms with Gasteiger partial charge in [-0.15, -0.1) is 17.9 Å². The molecule has 0 unspecified atom stereocenters. The van der Waals surface area contributed by atoms with E-state index in [1.165, 1.54) is 14.2 Å². The van der Waals surface area contributed by atoms with Crippen LogP contribution in [0, 0.1) is 0 Å². The van der Waals surface area contributed by atoms with Gasteiger partial charge in [-0.25, -0.2) is 0 Å². The van der Waals surface area contributed by atoms with E-state index in [0.717, 1.165) is 25.4 Å². The van der Waals surface area contributed by atoms with Crippen LogP contribution in [0.3, 0.4) is 0 Å². The van der Waals surface area contributed by atoms with Gasteiger partial charge < -0.3 is 4.74 Å². The van der Waals surface area contributed by atoms with Crippen LogP contribution in [-0.2, 0) is 13.1 Å². The minimum Gasteiger partial charge on any atom is -0.497 e. The van der Waals surface area contributed by atoms with Crippen LogP contribution in [0.15, 0.2) is 52.8 Å². The van der Waals surface area contributed by atoms with Gasteiger partial charge in [-0.05, 0) is 45.8 Å². The maximum absolute atomic E-state index is 5.19. The van der Waals surface area contributed by atoms with Crippen molar-refractivity contribution in [2.45, 2.75) is 13.1 Å². The zero-order valence-electron chi connectivity index (χ0n) is 11.5. The lowest BCUT2D eigenvalue weighted by Gasteiger charge is -2.20. The SMILES string of the molecule is C=CCN(Cc1ccc(OC)cc1)Cc1ccc(Br)s1. The Morgan fingerprint density at radius 1 is 1.20 bits per heavy atom. The maximum atomic E-state index is 5.19. The molecule has 0 aliphatic rings. The van der Waals surface area contributed by atoms with Crippen molar-refractivity contribution in [3.63, 3.8) is 0 Å². The van der Waals surface area contributed by atoms with Gasteiger partial charge in [0.05, 0.1) is 10.9 Å². The Labute approximate surface area is 132 Å². The molecule has 0 saturated heterocycles. The lowest BCUT2D eigenvalue weighted by molar-refractivity contribution is 0.288. The number of benzene rings is 1. The molecule has 2 nitrogen and oxygen atoms in total. The second-order valence-electron chi connectivity index (χ2n) is 4.51. The molecule has 0 saturated carbocycles. The van der Waals surface area contributed by atoms with Crippen LogP contribution in [0.2, 0.25) is 0 Å². The Kier molecular flexibility index (Phi) is 5.83. The second kappa shape index (κ2) is 7.62. The number of methoxy groups -OCH3 is 1. The Bertz CT molecular complexity index is 550. The van der Waals surface area contributed by atoms with E-state index in [1.807, 2.05) is 18.2 Å². The molecule has 0 N–H and O–H groups in total. The summed E-state index contributed by atoms with van der Waals surface area (Å²) in [5, 5.41) is 0. The molecule has 20 heavy (non-hydrogen) atoms. The van der Waals surface area contributed by atoms with Crippen LogP contribution in [0.5, 0.6) is 5.75 Å². The van der Waals surface area contributed by atoms with Gasteiger partial charge >= 0.3 is 0 Å². The first kappa shape index (κ1) is 15.3. The molecule has 2 aromatic rings. The first-order valence-electron chi connectivity index (χ1n) is 6.41. The van der Waals surface area contributed by atoms with Gasteiger partial charge in [0.2, 0.25) is 0 Å². The van der Waals surface area contributed by atoms with Gasteiger partial charge in [0.1, 0.15) is 5.75 Å². The Hall–Kier alpha value is -1.10.